The van der Waals surface area contributed by atoms with E-state index in [-0.39, 0.29) is 12.5 Å². The fourth-order valence-corrected chi connectivity index (χ4v) is 3.14. The average molecular weight is 327 g/mol. The van der Waals surface area contributed by atoms with Gasteiger partial charge in [-0.15, -0.1) is 0 Å². The fourth-order valence-electron chi connectivity index (χ4n) is 2.23. The number of hydrogen-bond donors (Lipinski definition) is 2. The van der Waals surface area contributed by atoms with Gasteiger partial charge >= 0.3 is 6.03 Å². The van der Waals surface area contributed by atoms with E-state index in [4.69, 9.17) is 0 Å². The second-order valence-electron chi connectivity index (χ2n) is 5.37. The Labute approximate surface area is 139 Å². The van der Waals surface area contributed by atoms with Crippen molar-refractivity contribution in [2.45, 2.75) is 23.6 Å². The van der Waals surface area contributed by atoms with E-state index in [2.05, 4.69) is 42.8 Å². The highest BCUT2D eigenvalue weighted by atomic mass is 32.2. The summed E-state index contributed by atoms with van der Waals surface area (Å²) in [6.45, 7) is 4.29. The number of anilines is 1. The second-order valence-corrected chi connectivity index (χ2v) is 6.51. The van der Waals surface area contributed by atoms with Crippen LogP contribution in [0.1, 0.15) is 11.1 Å². The van der Waals surface area contributed by atoms with Crippen molar-refractivity contribution in [1.82, 2.24) is 10.7 Å². The third-order valence-corrected chi connectivity index (χ3v) is 4.65. The van der Waals surface area contributed by atoms with Gasteiger partial charge in [0, 0.05) is 9.79 Å². The van der Waals surface area contributed by atoms with Crippen molar-refractivity contribution < 1.29 is 9.59 Å². The Morgan fingerprint density at radius 3 is 2.30 bits per heavy atom. The predicted molar refractivity (Wildman–Crippen MR) is 90.5 cm³/mol. The van der Waals surface area contributed by atoms with E-state index in [1.807, 2.05) is 24.3 Å². The predicted octanol–water partition coefficient (Wildman–Crippen LogP) is 3.02. The lowest BCUT2D eigenvalue weighted by molar-refractivity contribution is -0.119. The number of urea groups is 1. The van der Waals surface area contributed by atoms with E-state index in [1.54, 1.807) is 11.8 Å². The van der Waals surface area contributed by atoms with Gasteiger partial charge < -0.3 is 0 Å². The first kappa shape index (κ1) is 15.6. The molecule has 3 amide bonds. The van der Waals surface area contributed by atoms with Gasteiger partial charge in [-0.25, -0.2) is 15.2 Å². The first-order valence-corrected chi connectivity index (χ1v) is 8.07. The number of nitrogens with one attached hydrogen (secondary N) is 2. The van der Waals surface area contributed by atoms with Gasteiger partial charge in [0.25, 0.3) is 0 Å². The molecule has 0 spiro atoms. The maximum atomic E-state index is 11.8. The molecule has 0 unspecified atom stereocenters. The molecule has 0 radical (unpaired) electrons. The molecule has 1 saturated heterocycles. The minimum absolute atomic E-state index is 0.0882. The summed E-state index contributed by atoms with van der Waals surface area (Å²) in [6, 6.07) is 13.5. The van der Waals surface area contributed by atoms with Crippen LogP contribution in [0.15, 0.2) is 52.3 Å². The van der Waals surface area contributed by atoms with Gasteiger partial charge in [-0.1, -0.05) is 17.8 Å². The van der Waals surface area contributed by atoms with E-state index in [0.29, 0.717) is 5.69 Å². The average Bonchev–Trinajstić information content (AvgIpc) is 2.52. The molecule has 1 aliphatic rings. The van der Waals surface area contributed by atoms with Crippen LogP contribution < -0.4 is 15.8 Å². The topological polar surface area (TPSA) is 61.4 Å². The van der Waals surface area contributed by atoms with Crippen LogP contribution in [0, 0.1) is 13.8 Å². The molecule has 0 atom stereocenters. The summed E-state index contributed by atoms with van der Waals surface area (Å²) in [4.78, 5) is 25.2. The maximum Gasteiger partial charge on any atom is 0.343 e. The molecule has 5 nitrogen and oxygen atoms in total. The van der Waals surface area contributed by atoms with Crippen molar-refractivity contribution in [3.63, 3.8) is 0 Å². The number of rotatable bonds is 3. The highest BCUT2D eigenvalue weighted by Gasteiger charge is 2.23. The molecule has 2 N–H and O–H groups in total. The number of nitrogens with zero attached hydrogens (tertiary/aromatic N) is 1. The SMILES string of the molecule is Cc1ccc(Sc2ccc(N3NCC(=O)NC3=O)cc2)cc1C. The quantitative estimate of drug-likeness (QED) is 0.910. The Hall–Kier alpha value is -2.31. The first-order valence-electron chi connectivity index (χ1n) is 7.25. The van der Waals surface area contributed by atoms with Crippen LogP contribution in [0.3, 0.4) is 0 Å². The fraction of sp³-hybridized carbons (Fsp3) is 0.176. The van der Waals surface area contributed by atoms with Gasteiger partial charge in [0.05, 0.1) is 12.2 Å². The Kier molecular flexibility index (Phi) is 4.36. The number of hydrazine groups is 1. The highest BCUT2D eigenvalue weighted by Crippen LogP contribution is 2.30. The normalized spacial score (nSPS) is 14.8. The maximum absolute atomic E-state index is 11.8. The number of aryl methyl sites for hydroxylation is 2. The number of hydrogen-bond acceptors (Lipinski definition) is 4. The molecular formula is C17H17N3O2S. The minimum atomic E-state index is -0.462. The van der Waals surface area contributed by atoms with E-state index in [0.717, 1.165) is 4.90 Å². The van der Waals surface area contributed by atoms with Crippen LogP contribution in [0.4, 0.5) is 10.5 Å². The van der Waals surface area contributed by atoms with Crippen LogP contribution in [0.5, 0.6) is 0 Å². The van der Waals surface area contributed by atoms with Crippen LogP contribution in [-0.4, -0.2) is 18.5 Å². The van der Waals surface area contributed by atoms with Crippen molar-refractivity contribution in [3.8, 4) is 0 Å². The van der Waals surface area contributed by atoms with Crippen LogP contribution in [-0.2, 0) is 4.79 Å². The molecule has 23 heavy (non-hydrogen) atoms. The molecule has 2 aromatic rings. The lowest BCUT2D eigenvalue weighted by atomic mass is 10.1. The zero-order valence-electron chi connectivity index (χ0n) is 12.9. The second kappa shape index (κ2) is 6.44. The summed E-state index contributed by atoms with van der Waals surface area (Å²) in [6.07, 6.45) is 0. The molecule has 1 fully saturated rings. The minimum Gasteiger partial charge on any atom is -0.275 e. The standard InChI is InChI=1S/C17H17N3O2S/c1-11-3-6-15(9-12(11)2)23-14-7-4-13(5-8-14)20-17(22)19-16(21)10-18-20/h3-9,18H,10H2,1-2H3,(H,19,21,22). The molecule has 2 aromatic carbocycles. The van der Waals surface area contributed by atoms with E-state index in [1.165, 1.54) is 21.0 Å². The van der Waals surface area contributed by atoms with E-state index >= 15 is 0 Å². The Morgan fingerprint density at radius 2 is 1.65 bits per heavy atom. The molecule has 3 rings (SSSR count). The number of amides is 3. The van der Waals surface area contributed by atoms with Gasteiger partial charge in [-0.3, -0.25) is 10.1 Å². The summed E-state index contributed by atoms with van der Waals surface area (Å²) >= 11 is 1.67. The molecule has 0 saturated carbocycles. The van der Waals surface area contributed by atoms with Crippen molar-refractivity contribution in [3.05, 3.63) is 53.6 Å². The molecule has 0 aromatic heterocycles. The molecule has 118 valence electrons. The number of imide groups is 1. The molecule has 6 heteroatoms. The zero-order chi connectivity index (χ0) is 16.4. The summed E-state index contributed by atoms with van der Waals surface area (Å²) in [5.41, 5.74) is 6.02. The molecule has 0 bridgehead atoms. The molecule has 1 aliphatic heterocycles. The Bertz CT molecular complexity index is 759. The smallest absolute Gasteiger partial charge is 0.275 e. The van der Waals surface area contributed by atoms with Gasteiger partial charge in [-0.05, 0) is 61.4 Å². The van der Waals surface area contributed by atoms with Crippen molar-refractivity contribution in [2.75, 3.05) is 11.6 Å². The Morgan fingerprint density at radius 1 is 0.957 bits per heavy atom. The number of benzene rings is 2. The lowest BCUT2D eigenvalue weighted by Gasteiger charge is -2.27. The third-order valence-electron chi connectivity index (χ3n) is 3.66. The first-order chi connectivity index (χ1) is 11.0. The lowest BCUT2D eigenvalue weighted by Crippen LogP contribution is -2.59. The summed E-state index contributed by atoms with van der Waals surface area (Å²) in [5.74, 6) is -0.326. The monoisotopic (exact) mass is 327 g/mol. The summed E-state index contributed by atoms with van der Waals surface area (Å²) < 4.78 is 0. The van der Waals surface area contributed by atoms with Crippen molar-refractivity contribution in [1.29, 1.82) is 0 Å². The van der Waals surface area contributed by atoms with Gasteiger partial charge in [0.15, 0.2) is 0 Å². The molecular weight excluding hydrogens is 310 g/mol. The Balaban J connectivity index is 1.73. The number of carbonyl (C=O) groups is 2. The van der Waals surface area contributed by atoms with Crippen LogP contribution in [0.2, 0.25) is 0 Å². The van der Waals surface area contributed by atoms with Crippen LogP contribution in [0.25, 0.3) is 0 Å². The molecule has 1 heterocycles. The van der Waals surface area contributed by atoms with Gasteiger partial charge in [-0.2, -0.15) is 0 Å². The van der Waals surface area contributed by atoms with Crippen LogP contribution >= 0.6 is 11.8 Å². The van der Waals surface area contributed by atoms with Gasteiger partial charge in [0.1, 0.15) is 0 Å². The van der Waals surface area contributed by atoms with E-state index < -0.39 is 6.03 Å². The largest absolute Gasteiger partial charge is 0.343 e. The van der Waals surface area contributed by atoms with Crippen molar-refractivity contribution >= 4 is 29.4 Å². The zero-order valence-corrected chi connectivity index (χ0v) is 13.7. The van der Waals surface area contributed by atoms with Crippen molar-refractivity contribution in [2.24, 2.45) is 0 Å². The third kappa shape index (κ3) is 3.55. The van der Waals surface area contributed by atoms with Gasteiger partial charge in [0.2, 0.25) is 5.91 Å². The highest BCUT2D eigenvalue weighted by molar-refractivity contribution is 7.99. The summed E-state index contributed by atoms with van der Waals surface area (Å²) in [7, 11) is 0. The summed E-state index contributed by atoms with van der Waals surface area (Å²) in [5, 5.41) is 3.61. The van der Waals surface area contributed by atoms with E-state index in [9.17, 15) is 9.59 Å². The number of carbonyl (C=O) groups excluding carboxylic acids is 2. The molecule has 0 aliphatic carbocycles.